The van der Waals surface area contributed by atoms with Gasteiger partial charge >= 0.3 is 12.1 Å². The van der Waals surface area contributed by atoms with Crippen LogP contribution in [-0.2, 0) is 4.79 Å². The summed E-state index contributed by atoms with van der Waals surface area (Å²) >= 11 is 1.07. The van der Waals surface area contributed by atoms with E-state index in [1.807, 2.05) is 6.92 Å². The van der Waals surface area contributed by atoms with Gasteiger partial charge in [0.2, 0.25) is 5.91 Å². The molecule has 0 aliphatic heterocycles. The summed E-state index contributed by atoms with van der Waals surface area (Å²) in [5.74, 6) is -1.82. The predicted molar refractivity (Wildman–Crippen MR) is 148 cm³/mol. The van der Waals surface area contributed by atoms with E-state index < -0.39 is 23.5 Å². The Labute approximate surface area is 237 Å². The summed E-state index contributed by atoms with van der Waals surface area (Å²) < 4.78 is 60.1. The van der Waals surface area contributed by atoms with Gasteiger partial charge in [0, 0.05) is 25.6 Å². The third-order valence-corrected chi connectivity index (χ3v) is 8.32. The Morgan fingerprint density at radius 2 is 1.98 bits per heavy atom. The number of nitrogens with one attached hydrogen (secondary N) is 1. The van der Waals surface area contributed by atoms with Gasteiger partial charge in [0.05, 0.1) is 21.5 Å². The lowest BCUT2D eigenvalue weighted by Gasteiger charge is -2.22. The second-order valence-electron chi connectivity index (χ2n) is 10.2. The molecule has 0 radical (unpaired) electrons. The summed E-state index contributed by atoms with van der Waals surface area (Å²) in [6, 6.07) is 6.93. The van der Waals surface area contributed by atoms with E-state index in [2.05, 4.69) is 10.3 Å². The largest absolute Gasteiger partial charge is 0.478 e. The smallest absolute Gasteiger partial charge is 0.416 e. The highest BCUT2D eigenvalue weighted by atomic mass is 32.1. The molecular weight excluding hydrogens is 562 g/mol. The van der Waals surface area contributed by atoms with Gasteiger partial charge in [-0.3, -0.25) is 9.69 Å². The van der Waals surface area contributed by atoms with Gasteiger partial charge in [-0.15, -0.1) is 0 Å². The standard InChI is InChI=1S/C29H27F4N3O4S/c1-15-3-6-18(29(31,32)33)13-17(15)11-12-34-22-14-19(7-8-20(22)30)40-23-10-9-21-25(24(23)27(38)39)41-28(35-21)36(2)26(37)16-4-5-16/h6-10,13-16,34H,3-5,11-12H2,1-2H3,(H,38,39). The molecule has 1 saturated carbocycles. The number of aromatic nitrogens is 1. The number of carboxylic acid groups (broad SMARTS) is 1. The number of rotatable bonds is 9. The predicted octanol–water partition coefficient (Wildman–Crippen LogP) is 7.56. The molecule has 41 heavy (non-hydrogen) atoms. The van der Waals surface area contributed by atoms with Crippen LogP contribution >= 0.6 is 11.3 Å². The van der Waals surface area contributed by atoms with Crippen molar-refractivity contribution < 1.29 is 37.0 Å². The highest BCUT2D eigenvalue weighted by molar-refractivity contribution is 7.22. The van der Waals surface area contributed by atoms with E-state index in [-0.39, 0.29) is 59.9 Å². The maximum Gasteiger partial charge on any atom is 0.416 e. The van der Waals surface area contributed by atoms with Crippen molar-refractivity contribution in [1.29, 1.82) is 0 Å². The molecule has 1 heterocycles. The Kier molecular flexibility index (Phi) is 7.78. The molecule has 0 saturated heterocycles. The molecule has 1 amide bonds. The maximum atomic E-state index is 14.6. The Morgan fingerprint density at radius 3 is 2.66 bits per heavy atom. The van der Waals surface area contributed by atoms with E-state index in [4.69, 9.17) is 4.74 Å². The van der Waals surface area contributed by atoms with Crippen LogP contribution in [0.25, 0.3) is 10.2 Å². The second kappa shape index (κ2) is 11.2. The Bertz CT molecular complexity index is 1580. The number of hydrogen-bond donors (Lipinski definition) is 2. The van der Waals surface area contributed by atoms with Gasteiger partial charge in [0.1, 0.15) is 22.9 Å². The van der Waals surface area contributed by atoms with Crippen LogP contribution in [0.5, 0.6) is 11.5 Å². The van der Waals surface area contributed by atoms with Crippen LogP contribution < -0.4 is 15.0 Å². The molecule has 1 atom stereocenters. The van der Waals surface area contributed by atoms with Crippen molar-refractivity contribution in [3.8, 4) is 11.5 Å². The fraction of sp³-hybridized carbons (Fsp3) is 0.345. The fourth-order valence-electron chi connectivity index (χ4n) is 4.64. The highest BCUT2D eigenvalue weighted by Gasteiger charge is 2.35. The van der Waals surface area contributed by atoms with Crippen LogP contribution in [0, 0.1) is 17.7 Å². The Balaban J connectivity index is 1.33. The number of carboxylic acids is 1. The first kappa shape index (κ1) is 28.6. The number of anilines is 2. The maximum absolute atomic E-state index is 14.6. The summed E-state index contributed by atoms with van der Waals surface area (Å²) in [5.41, 5.74) is 0.280. The number of ether oxygens (including phenoxy) is 1. The molecule has 2 aromatic carbocycles. The zero-order valence-corrected chi connectivity index (χ0v) is 23.0. The normalized spacial score (nSPS) is 17.2. The number of thiazole rings is 1. The summed E-state index contributed by atoms with van der Waals surface area (Å²) in [6.45, 7) is 2.03. The molecule has 0 bridgehead atoms. The molecule has 1 aromatic heterocycles. The van der Waals surface area contributed by atoms with Gasteiger partial charge in [0.15, 0.2) is 5.13 Å². The first-order valence-corrected chi connectivity index (χ1v) is 13.9. The fourth-order valence-corrected chi connectivity index (χ4v) is 5.70. The van der Waals surface area contributed by atoms with E-state index in [0.29, 0.717) is 20.9 Å². The van der Waals surface area contributed by atoms with E-state index in [0.717, 1.165) is 36.3 Å². The molecule has 1 unspecified atom stereocenters. The van der Waals surface area contributed by atoms with E-state index in [1.165, 1.54) is 29.2 Å². The molecule has 2 N–H and O–H groups in total. The number of aromatic carboxylic acids is 1. The Hall–Kier alpha value is -3.93. The zero-order chi connectivity index (χ0) is 29.5. The molecule has 0 spiro atoms. The average Bonchev–Trinajstić information content (AvgIpc) is 3.68. The van der Waals surface area contributed by atoms with Crippen molar-refractivity contribution in [2.45, 2.75) is 38.8 Å². The number of nitrogens with zero attached hydrogens (tertiary/aromatic N) is 2. The van der Waals surface area contributed by atoms with E-state index >= 15 is 0 Å². The molecular formula is C29H27F4N3O4S. The monoisotopic (exact) mass is 589 g/mol. The highest BCUT2D eigenvalue weighted by Crippen LogP contribution is 2.40. The molecule has 12 heteroatoms. The molecule has 5 rings (SSSR count). The first-order chi connectivity index (χ1) is 19.4. The lowest BCUT2D eigenvalue weighted by Crippen LogP contribution is -2.27. The minimum atomic E-state index is -4.42. The quantitative estimate of drug-likeness (QED) is 0.251. The topological polar surface area (TPSA) is 91.8 Å². The molecule has 1 fully saturated rings. The van der Waals surface area contributed by atoms with Crippen molar-refractivity contribution in [3.63, 3.8) is 0 Å². The number of carbonyl (C=O) groups is 2. The van der Waals surface area contributed by atoms with Crippen molar-refractivity contribution >= 4 is 44.2 Å². The van der Waals surface area contributed by atoms with Crippen molar-refractivity contribution in [2.75, 3.05) is 23.8 Å². The summed E-state index contributed by atoms with van der Waals surface area (Å²) in [4.78, 5) is 30.6. The van der Waals surface area contributed by atoms with Crippen LogP contribution in [0.3, 0.4) is 0 Å². The number of amides is 1. The number of allylic oxidation sites excluding steroid dienone is 3. The average molecular weight is 590 g/mol. The number of hydrogen-bond acceptors (Lipinski definition) is 6. The molecule has 216 valence electrons. The number of halogens is 4. The number of alkyl halides is 3. The van der Waals surface area contributed by atoms with Crippen molar-refractivity contribution in [1.82, 2.24) is 4.98 Å². The van der Waals surface area contributed by atoms with Gasteiger partial charge in [-0.2, -0.15) is 13.2 Å². The van der Waals surface area contributed by atoms with Crippen LogP contribution in [0.1, 0.15) is 43.0 Å². The van der Waals surface area contributed by atoms with E-state index in [1.54, 1.807) is 13.1 Å². The van der Waals surface area contributed by atoms with Crippen LogP contribution in [0.15, 0.2) is 53.6 Å². The van der Waals surface area contributed by atoms with Crippen LogP contribution in [0.4, 0.5) is 28.4 Å². The van der Waals surface area contributed by atoms with Crippen molar-refractivity contribution in [3.05, 3.63) is 65.0 Å². The lowest BCUT2D eigenvalue weighted by molar-refractivity contribution is -0.119. The number of carbonyl (C=O) groups excluding carboxylic acids is 1. The Morgan fingerprint density at radius 1 is 1.22 bits per heavy atom. The third kappa shape index (κ3) is 6.22. The summed E-state index contributed by atoms with van der Waals surface area (Å²) in [6.07, 6.45) is 0.137. The second-order valence-corrected chi connectivity index (χ2v) is 11.2. The van der Waals surface area contributed by atoms with Crippen LogP contribution in [0.2, 0.25) is 0 Å². The first-order valence-electron chi connectivity index (χ1n) is 13.1. The molecule has 7 nitrogen and oxygen atoms in total. The summed E-state index contributed by atoms with van der Waals surface area (Å²) in [7, 11) is 1.61. The molecule has 2 aliphatic rings. The summed E-state index contributed by atoms with van der Waals surface area (Å²) in [5, 5.41) is 13.3. The molecule has 2 aliphatic carbocycles. The third-order valence-electron chi connectivity index (χ3n) is 7.15. The van der Waals surface area contributed by atoms with Gasteiger partial charge in [-0.05, 0) is 55.9 Å². The van der Waals surface area contributed by atoms with Crippen LogP contribution in [-0.4, -0.2) is 41.7 Å². The zero-order valence-electron chi connectivity index (χ0n) is 22.2. The van der Waals surface area contributed by atoms with Gasteiger partial charge in [0.25, 0.3) is 0 Å². The minimum absolute atomic E-state index is 0.0154. The number of benzene rings is 2. The van der Waals surface area contributed by atoms with E-state index in [9.17, 15) is 32.3 Å². The SMILES string of the molecule is CC1CC=C(C(F)(F)F)C=C1CCNc1cc(Oc2ccc3nc(N(C)C(=O)C4CC4)sc3c2C(=O)O)ccc1F. The minimum Gasteiger partial charge on any atom is -0.478 e. The van der Waals surface area contributed by atoms with Crippen molar-refractivity contribution in [2.24, 2.45) is 11.8 Å². The van der Waals surface area contributed by atoms with Gasteiger partial charge in [-0.1, -0.05) is 36.0 Å². The van der Waals surface area contributed by atoms with Gasteiger partial charge < -0.3 is 15.2 Å². The molecule has 3 aromatic rings. The van der Waals surface area contributed by atoms with Gasteiger partial charge in [-0.25, -0.2) is 14.2 Å². The lowest BCUT2D eigenvalue weighted by atomic mass is 9.88. The number of fused-ring (bicyclic) bond motifs is 1.